The summed E-state index contributed by atoms with van der Waals surface area (Å²) in [6, 6.07) is 8.00. The van der Waals surface area contributed by atoms with Gasteiger partial charge in [0.1, 0.15) is 12.3 Å². The van der Waals surface area contributed by atoms with E-state index in [0.29, 0.717) is 11.8 Å². The molecule has 0 aliphatic carbocycles. The zero-order valence-electron chi connectivity index (χ0n) is 18.4. The number of halogens is 1. The van der Waals surface area contributed by atoms with Crippen LogP contribution in [0.4, 0.5) is 16.2 Å². The lowest BCUT2D eigenvalue weighted by atomic mass is 10.1. The van der Waals surface area contributed by atoms with Crippen molar-refractivity contribution in [3.8, 4) is 5.75 Å². The van der Waals surface area contributed by atoms with Gasteiger partial charge in [0.05, 0.1) is 34.1 Å². The first-order valence-electron chi connectivity index (χ1n) is 9.99. The predicted molar refractivity (Wildman–Crippen MR) is 128 cm³/mol. The minimum Gasteiger partial charge on any atom is -0.496 e. The Kier molecular flexibility index (Phi) is 8.10. The molecule has 0 spiro atoms. The van der Waals surface area contributed by atoms with Crippen molar-refractivity contribution in [1.82, 2.24) is 4.90 Å². The third-order valence-electron chi connectivity index (χ3n) is 4.63. The van der Waals surface area contributed by atoms with E-state index in [1.54, 1.807) is 6.92 Å². The Morgan fingerprint density at radius 2 is 1.97 bits per heavy atom. The summed E-state index contributed by atoms with van der Waals surface area (Å²) < 4.78 is 10.1. The molecule has 3 amide bonds. The number of benzene rings is 2. The standard InChI is InChI=1S/C22H18ClN3O8S/c1-3-34-21(29)15-10-13(4-6-16(15)23)24-19(27)11-25-20(28)18(35-22(25)30)9-12-8-14(26(31)32)5-7-17(12)33-2/h4-10H,3,11H2,1-2H3,(H,24,27)/b18-9+. The fourth-order valence-corrected chi connectivity index (χ4v) is 4.06. The molecule has 1 N–H and O–H groups in total. The summed E-state index contributed by atoms with van der Waals surface area (Å²) in [5, 5.41) is 13.0. The van der Waals surface area contributed by atoms with E-state index >= 15 is 0 Å². The van der Waals surface area contributed by atoms with E-state index in [4.69, 9.17) is 21.1 Å². The number of nitro benzene ring substituents is 1. The fourth-order valence-electron chi connectivity index (χ4n) is 3.04. The van der Waals surface area contributed by atoms with Gasteiger partial charge in [0, 0.05) is 23.4 Å². The summed E-state index contributed by atoms with van der Waals surface area (Å²) in [7, 11) is 1.36. The minimum atomic E-state index is -0.743. The van der Waals surface area contributed by atoms with Gasteiger partial charge in [-0.25, -0.2) is 4.79 Å². The summed E-state index contributed by atoms with van der Waals surface area (Å²) in [5.41, 5.74) is 0.266. The first-order chi connectivity index (χ1) is 16.6. The van der Waals surface area contributed by atoms with Gasteiger partial charge in [-0.3, -0.25) is 29.4 Å². The van der Waals surface area contributed by atoms with Crippen molar-refractivity contribution in [2.24, 2.45) is 0 Å². The summed E-state index contributed by atoms with van der Waals surface area (Å²) in [6.07, 6.45) is 1.29. The fraction of sp³-hybridized carbons (Fsp3) is 0.182. The van der Waals surface area contributed by atoms with Crippen LogP contribution in [-0.4, -0.2) is 53.1 Å². The highest BCUT2D eigenvalue weighted by molar-refractivity contribution is 8.18. The number of non-ortho nitro benzene ring substituents is 1. The Balaban J connectivity index is 1.76. The lowest BCUT2D eigenvalue weighted by Crippen LogP contribution is -2.36. The molecule has 2 aromatic rings. The van der Waals surface area contributed by atoms with E-state index in [-0.39, 0.29) is 44.8 Å². The van der Waals surface area contributed by atoms with Crippen molar-refractivity contribution >= 4 is 63.8 Å². The van der Waals surface area contributed by atoms with Crippen LogP contribution in [0.25, 0.3) is 6.08 Å². The van der Waals surface area contributed by atoms with E-state index in [2.05, 4.69) is 5.32 Å². The molecule has 11 nitrogen and oxygen atoms in total. The number of hydrogen-bond donors (Lipinski definition) is 1. The quantitative estimate of drug-likeness (QED) is 0.235. The smallest absolute Gasteiger partial charge is 0.339 e. The number of nitrogens with zero attached hydrogens (tertiary/aromatic N) is 2. The van der Waals surface area contributed by atoms with Crippen LogP contribution in [0.5, 0.6) is 5.75 Å². The maximum atomic E-state index is 12.8. The molecule has 0 unspecified atom stereocenters. The Labute approximate surface area is 208 Å². The molecular formula is C22H18ClN3O8S. The van der Waals surface area contributed by atoms with Crippen LogP contribution >= 0.6 is 23.4 Å². The number of carbonyl (C=O) groups excluding carboxylic acids is 4. The van der Waals surface area contributed by atoms with Crippen LogP contribution in [0.15, 0.2) is 41.3 Å². The predicted octanol–water partition coefficient (Wildman–Crippen LogP) is 4.11. The number of hydrogen-bond acceptors (Lipinski definition) is 9. The van der Waals surface area contributed by atoms with Gasteiger partial charge in [0.25, 0.3) is 16.8 Å². The number of thioether (sulfide) groups is 1. The Hall–Kier alpha value is -3.90. The molecule has 1 saturated heterocycles. The van der Waals surface area contributed by atoms with E-state index in [1.807, 2.05) is 0 Å². The number of carbonyl (C=O) groups is 4. The zero-order valence-corrected chi connectivity index (χ0v) is 20.0. The van der Waals surface area contributed by atoms with Crippen LogP contribution in [0.3, 0.4) is 0 Å². The van der Waals surface area contributed by atoms with Crippen LogP contribution in [0.2, 0.25) is 5.02 Å². The molecule has 2 aromatic carbocycles. The van der Waals surface area contributed by atoms with E-state index in [0.717, 1.165) is 4.90 Å². The Morgan fingerprint density at radius 3 is 2.63 bits per heavy atom. The summed E-state index contributed by atoms with van der Waals surface area (Å²) in [4.78, 5) is 60.8. The molecule has 0 radical (unpaired) electrons. The lowest BCUT2D eigenvalue weighted by Gasteiger charge is -2.13. The second-order valence-corrected chi connectivity index (χ2v) is 8.31. The zero-order chi connectivity index (χ0) is 25.7. The average molecular weight is 520 g/mol. The van der Waals surface area contributed by atoms with Crippen molar-refractivity contribution in [3.63, 3.8) is 0 Å². The molecule has 0 atom stereocenters. The third-order valence-corrected chi connectivity index (χ3v) is 5.87. The average Bonchev–Trinajstić information content (AvgIpc) is 3.07. The van der Waals surface area contributed by atoms with Crippen molar-refractivity contribution in [2.75, 3.05) is 25.6 Å². The van der Waals surface area contributed by atoms with Gasteiger partial charge >= 0.3 is 5.97 Å². The molecular weight excluding hydrogens is 502 g/mol. The minimum absolute atomic E-state index is 0.0299. The van der Waals surface area contributed by atoms with Gasteiger partial charge in [-0.2, -0.15) is 0 Å². The molecule has 1 aliphatic rings. The molecule has 1 aliphatic heterocycles. The van der Waals surface area contributed by atoms with Crippen molar-refractivity contribution in [1.29, 1.82) is 0 Å². The van der Waals surface area contributed by atoms with Crippen LogP contribution in [0.1, 0.15) is 22.8 Å². The van der Waals surface area contributed by atoms with E-state index in [9.17, 15) is 29.3 Å². The number of ether oxygens (including phenoxy) is 2. The second-order valence-electron chi connectivity index (χ2n) is 6.91. The first-order valence-corrected chi connectivity index (χ1v) is 11.2. The van der Waals surface area contributed by atoms with Crippen LogP contribution in [-0.2, 0) is 14.3 Å². The van der Waals surface area contributed by atoms with E-state index in [1.165, 1.54) is 49.6 Å². The maximum Gasteiger partial charge on any atom is 0.339 e. The Morgan fingerprint density at radius 1 is 1.23 bits per heavy atom. The molecule has 0 saturated carbocycles. The monoisotopic (exact) mass is 519 g/mol. The molecule has 1 heterocycles. The lowest BCUT2D eigenvalue weighted by molar-refractivity contribution is -0.384. The number of rotatable bonds is 8. The van der Waals surface area contributed by atoms with E-state index < -0.39 is 34.5 Å². The molecule has 0 bridgehead atoms. The number of nitrogens with one attached hydrogen (secondary N) is 1. The number of methoxy groups -OCH3 is 1. The molecule has 13 heteroatoms. The molecule has 0 aromatic heterocycles. The maximum absolute atomic E-state index is 12.8. The first kappa shape index (κ1) is 25.7. The molecule has 35 heavy (non-hydrogen) atoms. The number of imide groups is 1. The molecule has 1 fully saturated rings. The van der Waals surface area contributed by atoms with Crippen molar-refractivity contribution in [3.05, 3.63) is 67.6 Å². The highest BCUT2D eigenvalue weighted by Crippen LogP contribution is 2.35. The van der Waals surface area contributed by atoms with Gasteiger partial charge in [0.15, 0.2) is 0 Å². The van der Waals surface area contributed by atoms with Crippen LogP contribution < -0.4 is 10.1 Å². The van der Waals surface area contributed by atoms with Gasteiger partial charge in [-0.15, -0.1) is 0 Å². The summed E-state index contributed by atoms with van der Waals surface area (Å²) >= 11 is 6.59. The van der Waals surface area contributed by atoms with Gasteiger partial charge in [-0.1, -0.05) is 11.6 Å². The summed E-state index contributed by atoms with van der Waals surface area (Å²) in [6.45, 7) is 1.18. The highest BCUT2D eigenvalue weighted by Gasteiger charge is 2.36. The van der Waals surface area contributed by atoms with Gasteiger partial charge in [0.2, 0.25) is 5.91 Å². The van der Waals surface area contributed by atoms with Gasteiger partial charge < -0.3 is 14.8 Å². The molecule has 3 rings (SSSR count). The highest BCUT2D eigenvalue weighted by atomic mass is 35.5. The second kappa shape index (κ2) is 11.0. The number of anilines is 1. The Bertz CT molecular complexity index is 1260. The normalized spacial score (nSPS) is 14.3. The topological polar surface area (TPSA) is 145 Å². The van der Waals surface area contributed by atoms with Crippen molar-refractivity contribution < 1.29 is 33.6 Å². The summed E-state index contributed by atoms with van der Waals surface area (Å²) in [5.74, 6) is -1.84. The third kappa shape index (κ3) is 5.97. The number of esters is 1. The largest absolute Gasteiger partial charge is 0.496 e. The number of nitro groups is 1. The SMILES string of the molecule is CCOC(=O)c1cc(NC(=O)CN2C(=O)S/C(=C/c3cc([N+](=O)[O-])ccc3OC)C2=O)ccc1Cl. The van der Waals surface area contributed by atoms with Crippen LogP contribution in [0, 0.1) is 10.1 Å². The molecule has 182 valence electrons. The van der Waals surface area contributed by atoms with Gasteiger partial charge in [-0.05, 0) is 49.0 Å². The van der Waals surface area contributed by atoms with Crippen molar-refractivity contribution in [2.45, 2.75) is 6.92 Å². The number of amides is 3.